The highest BCUT2D eigenvalue weighted by atomic mass is 32.1. The number of benzene rings is 1. The van der Waals surface area contributed by atoms with Gasteiger partial charge in [0.15, 0.2) is 0 Å². The van der Waals surface area contributed by atoms with E-state index >= 15 is 0 Å². The minimum atomic E-state index is -0.0847. The minimum Gasteiger partial charge on any atom is -0.418 e. The van der Waals surface area contributed by atoms with Crippen molar-refractivity contribution in [1.82, 2.24) is 15.5 Å². The third kappa shape index (κ3) is 2.50. The molecule has 2 heterocycles. The molecule has 0 fully saturated rings. The molecule has 0 spiro atoms. The van der Waals surface area contributed by atoms with E-state index in [1.54, 1.807) is 11.3 Å². The second-order valence-electron chi connectivity index (χ2n) is 4.49. The molecule has 1 unspecified atom stereocenters. The van der Waals surface area contributed by atoms with Gasteiger partial charge in [-0.3, -0.25) is 0 Å². The molecular weight excluding hydrogens is 270 g/mol. The average Bonchev–Trinajstić information content (AvgIpc) is 3.10. The van der Waals surface area contributed by atoms with Gasteiger partial charge in [-0.2, -0.15) is 0 Å². The smallest absolute Gasteiger partial charge is 0.257 e. The second kappa shape index (κ2) is 5.56. The lowest BCUT2D eigenvalue weighted by molar-refractivity contribution is 0.456. The van der Waals surface area contributed by atoms with Gasteiger partial charge in [-0.25, -0.2) is 0 Å². The first kappa shape index (κ1) is 13.0. The van der Waals surface area contributed by atoms with Crippen LogP contribution in [0.1, 0.15) is 22.4 Å². The van der Waals surface area contributed by atoms with E-state index in [1.807, 2.05) is 43.4 Å². The van der Waals surface area contributed by atoms with Gasteiger partial charge >= 0.3 is 0 Å². The van der Waals surface area contributed by atoms with Gasteiger partial charge in [0.1, 0.15) is 6.04 Å². The number of thiophene rings is 1. The van der Waals surface area contributed by atoms with Gasteiger partial charge in [0.25, 0.3) is 5.89 Å². The van der Waals surface area contributed by atoms with Gasteiger partial charge in [0.2, 0.25) is 5.89 Å². The number of hydrogen-bond donors (Lipinski definition) is 1. The zero-order valence-corrected chi connectivity index (χ0v) is 12.1. The summed E-state index contributed by atoms with van der Waals surface area (Å²) >= 11 is 1.65. The molecule has 1 aromatic carbocycles. The fourth-order valence-corrected chi connectivity index (χ4v) is 2.87. The summed E-state index contributed by atoms with van der Waals surface area (Å²) in [6.07, 6.45) is 0. The van der Waals surface area contributed by atoms with Crippen LogP contribution in [0.3, 0.4) is 0 Å². The summed E-state index contributed by atoms with van der Waals surface area (Å²) in [6.45, 7) is 2.06. The van der Waals surface area contributed by atoms with Crippen molar-refractivity contribution in [3.05, 3.63) is 58.8 Å². The van der Waals surface area contributed by atoms with E-state index in [9.17, 15) is 0 Å². The van der Waals surface area contributed by atoms with Crippen LogP contribution in [0, 0.1) is 6.92 Å². The molecule has 0 aliphatic carbocycles. The maximum Gasteiger partial charge on any atom is 0.257 e. The predicted molar refractivity (Wildman–Crippen MR) is 79.7 cm³/mol. The minimum absolute atomic E-state index is 0.0847. The number of nitrogens with one attached hydrogen (secondary N) is 1. The molecule has 3 aromatic rings. The summed E-state index contributed by atoms with van der Waals surface area (Å²) in [5.74, 6) is 1.16. The van der Waals surface area contributed by atoms with E-state index in [0.29, 0.717) is 11.8 Å². The van der Waals surface area contributed by atoms with Crippen LogP contribution in [0.15, 0.2) is 46.9 Å². The molecule has 0 aliphatic rings. The fraction of sp³-hybridized carbons (Fsp3) is 0.200. The molecule has 1 N–H and O–H groups in total. The first-order valence-electron chi connectivity index (χ1n) is 6.40. The summed E-state index contributed by atoms with van der Waals surface area (Å²) < 4.78 is 5.82. The normalized spacial score (nSPS) is 12.5. The van der Waals surface area contributed by atoms with Gasteiger partial charge in [0.05, 0.1) is 4.88 Å². The largest absolute Gasteiger partial charge is 0.418 e. The van der Waals surface area contributed by atoms with E-state index in [0.717, 1.165) is 10.4 Å². The van der Waals surface area contributed by atoms with Crippen molar-refractivity contribution in [1.29, 1.82) is 0 Å². The fourth-order valence-electron chi connectivity index (χ4n) is 2.08. The van der Waals surface area contributed by atoms with E-state index in [-0.39, 0.29) is 6.04 Å². The molecule has 0 aliphatic heterocycles. The van der Waals surface area contributed by atoms with Crippen LogP contribution in [-0.2, 0) is 0 Å². The van der Waals surface area contributed by atoms with Crippen molar-refractivity contribution in [2.75, 3.05) is 7.05 Å². The summed E-state index contributed by atoms with van der Waals surface area (Å²) in [5, 5.41) is 11.5. The van der Waals surface area contributed by atoms with Crippen molar-refractivity contribution in [2.45, 2.75) is 13.0 Å². The zero-order chi connectivity index (χ0) is 13.9. The van der Waals surface area contributed by atoms with Crippen LogP contribution in [-0.4, -0.2) is 17.2 Å². The number of hydrogen-bond acceptors (Lipinski definition) is 5. The number of aryl methyl sites for hydroxylation is 1. The Bertz CT molecular complexity index is 690. The summed E-state index contributed by atoms with van der Waals surface area (Å²) in [4.78, 5) is 2.23. The predicted octanol–water partition coefficient (Wildman–Crippen LogP) is 3.42. The van der Waals surface area contributed by atoms with Gasteiger partial charge in [-0.1, -0.05) is 30.3 Å². The molecule has 0 saturated heterocycles. The maximum absolute atomic E-state index is 5.82. The summed E-state index contributed by atoms with van der Waals surface area (Å²) in [7, 11) is 1.89. The van der Waals surface area contributed by atoms with Crippen LogP contribution in [0.4, 0.5) is 0 Å². The highest BCUT2D eigenvalue weighted by molar-refractivity contribution is 7.15. The lowest BCUT2D eigenvalue weighted by Crippen LogP contribution is -2.17. The highest BCUT2D eigenvalue weighted by Crippen LogP contribution is 2.29. The first-order valence-corrected chi connectivity index (χ1v) is 7.22. The maximum atomic E-state index is 5.82. The first-order chi connectivity index (χ1) is 9.78. The standard InChI is InChI=1S/C15H15N3OS/c1-10-8-9-12(20-10)14-17-18-15(19-14)13(16-2)11-6-4-3-5-7-11/h3-9,13,16H,1-2H3. The molecule has 3 rings (SSSR count). The molecule has 0 radical (unpaired) electrons. The third-order valence-corrected chi connectivity index (χ3v) is 4.05. The SMILES string of the molecule is CNC(c1ccccc1)c1nnc(-c2ccc(C)s2)o1. The number of rotatable bonds is 4. The van der Waals surface area contributed by atoms with Crippen molar-refractivity contribution >= 4 is 11.3 Å². The van der Waals surface area contributed by atoms with Crippen LogP contribution in [0.2, 0.25) is 0 Å². The molecule has 1 atom stereocenters. The van der Waals surface area contributed by atoms with Crippen LogP contribution >= 0.6 is 11.3 Å². The molecular formula is C15H15N3OS. The van der Waals surface area contributed by atoms with Crippen LogP contribution in [0.5, 0.6) is 0 Å². The van der Waals surface area contributed by atoms with Crippen LogP contribution in [0.25, 0.3) is 10.8 Å². The second-order valence-corrected chi connectivity index (χ2v) is 5.78. The molecule has 0 amide bonds. The van der Waals surface area contributed by atoms with Gasteiger partial charge in [-0.15, -0.1) is 21.5 Å². The molecule has 0 bridgehead atoms. The Morgan fingerprint density at radius 3 is 2.55 bits per heavy atom. The number of aromatic nitrogens is 2. The van der Waals surface area contributed by atoms with E-state index in [4.69, 9.17) is 4.42 Å². The zero-order valence-electron chi connectivity index (χ0n) is 11.3. The quantitative estimate of drug-likeness (QED) is 0.798. The molecule has 102 valence electrons. The Kier molecular flexibility index (Phi) is 3.62. The average molecular weight is 285 g/mol. The topological polar surface area (TPSA) is 51.0 Å². The molecule has 5 heteroatoms. The Morgan fingerprint density at radius 1 is 1.10 bits per heavy atom. The van der Waals surface area contributed by atoms with Crippen LogP contribution < -0.4 is 5.32 Å². The summed E-state index contributed by atoms with van der Waals surface area (Å²) in [5.41, 5.74) is 1.10. The lowest BCUT2D eigenvalue weighted by Gasteiger charge is -2.11. The van der Waals surface area contributed by atoms with Crippen molar-refractivity contribution in [3.63, 3.8) is 0 Å². The Labute approximate surface area is 121 Å². The highest BCUT2D eigenvalue weighted by Gasteiger charge is 2.19. The number of nitrogens with zero attached hydrogens (tertiary/aromatic N) is 2. The summed E-state index contributed by atoms with van der Waals surface area (Å²) in [6, 6.07) is 14.0. The van der Waals surface area contributed by atoms with E-state index < -0.39 is 0 Å². The monoisotopic (exact) mass is 285 g/mol. The van der Waals surface area contributed by atoms with Gasteiger partial charge in [-0.05, 0) is 31.7 Å². The Balaban J connectivity index is 1.92. The molecule has 4 nitrogen and oxygen atoms in total. The Hall–Kier alpha value is -1.98. The molecule has 2 aromatic heterocycles. The van der Waals surface area contributed by atoms with Gasteiger partial charge < -0.3 is 9.73 Å². The van der Waals surface area contributed by atoms with Crippen molar-refractivity contribution < 1.29 is 4.42 Å². The molecule has 20 heavy (non-hydrogen) atoms. The van der Waals surface area contributed by atoms with E-state index in [1.165, 1.54) is 4.88 Å². The van der Waals surface area contributed by atoms with Crippen molar-refractivity contribution in [3.8, 4) is 10.8 Å². The molecule has 0 saturated carbocycles. The lowest BCUT2D eigenvalue weighted by atomic mass is 10.1. The van der Waals surface area contributed by atoms with Gasteiger partial charge in [0, 0.05) is 4.88 Å². The Morgan fingerprint density at radius 2 is 1.90 bits per heavy atom. The van der Waals surface area contributed by atoms with Crippen molar-refractivity contribution in [2.24, 2.45) is 0 Å². The van der Waals surface area contributed by atoms with E-state index in [2.05, 4.69) is 28.5 Å². The third-order valence-electron chi connectivity index (χ3n) is 3.06.